The first-order valence-corrected chi connectivity index (χ1v) is 5.20. The van der Waals surface area contributed by atoms with Gasteiger partial charge in [-0.1, -0.05) is 19.3 Å². The Balaban J connectivity index is 0. The molecule has 1 aliphatic carbocycles. The summed E-state index contributed by atoms with van der Waals surface area (Å²) in [6, 6.07) is 0.536. The molecule has 82 valence electrons. The highest BCUT2D eigenvalue weighted by atomic mass is 16.3. The molecule has 3 nitrogen and oxygen atoms in total. The molecule has 0 aromatic heterocycles. The number of nitrogens with two attached hydrogens (primary N) is 1. The molecule has 0 aromatic carbocycles. The smallest absolute Gasteiger partial charge is 0.0402 e. The van der Waals surface area contributed by atoms with Gasteiger partial charge in [-0.15, -0.1) is 0 Å². The monoisotopic (exact) mass is 191 g/mol. The molecule has 1 aliphatic rings. The summed E-state index contributed by atoms with van der Waals surface area (Å²) in [4.78, 5) is 0. The van der Waals surface area contributed by atoms with Gasteiger partial charge in [0.1, 0.15) is 0 Å². The summed E-state index contributed by atoms with van der Waals surface area (Å²) in [6.45, 7) is 3.86. The van der Waals surface area contributed by atoms with Crippen molar-refractivity contribution >= 4 is 0 Å². The van der Waals surface area contributed by atoms with Crippen LogP contribution in [-0.4, -0.2) is 29.5 Å². The van der Waals surface area contributed by atoms with Gasteiger partial charge in [-0.05, 0) is 26.7 Å². The predicted molar refractivity (Wildman–Crippen MR) is 56.6 cm³/mol. The fraction of sp³-hybridized carbons (Fsp3) is 1.00. The minimum Gasteiger partial charge on any atom is -0.397 e. The summed E-state index contributed by atoms with van der Waals surface area (Å²) >= 11 is 0. The van der Waals surface area contributed by atoms with Crippen molar-refractivity contribution in [3.8, 4) is 0 Å². The van der Waals surface area contributed by atoms with Crippen LogP contribution in [0.3, 0.4) is 0 Å². The highest BCUT2D eigenvalue weighted by Crippen LogP contribution is 2.14. The number of hydrogen-bond donors (Lipinski definition) is 3. The normalized spacial score (nSPS) is 16.4. The first-order chi connectivity index (χ1) is 6.22. The summed E-state index contributed by atoms with van der Waals surface area (Å²) in [5.74, 6) is 0. The Bertz CT molecular complexity index is 71.3. The fourth-order valence-corrected chi connectivity index (χ4v) is 1.13. The maximum Gasteiger partial charge on any atom is 0.0402 e. The van der Waals surface area contributed by atoms with Crippen molar-refractivity contribution in [2.24, 2.45) is 5.73 Å². The molecule has 0 aromatic rings. The standard InChI is InChI=1S/C6H13N.2C2H6O/c7-6-4-2-1-3-5-6;2*1-2-3/h6H,1-5,7H2;2*3H,2H2,1H3. The topological polar surface area (TPSA) is 66.5 Å². The lowest BCUT2D eigenvalue weighted by Crippen LogP contribution is -2.22. The van der Waals surface area contributed by atoms with Gasteiger partial charge in [-0.2, -0.15) is 0 Å². The van der Waals surface area contributed by atoms with Crippen LogP contribution in [-0.2, 0) is 0 Å². The summed E-state index contributed by atoms with van der Waals surface area (Å²) in [7, 11) is 0. The molecule has 0 atom stereocenters. The average molecular weight is 191 g/mol. The second kappa shape index (κ2) is 14.4. The molecule has 13 heavy (non-hydrogen) atoms. The van der Waals surface area contributed by atoms with Crippen LogP contribution in [0.25, 0.3) is 0 Å². The lowest BCUT2D eigenvalue weighted by atomic mass is 9.97. The van der Waals surface area contributed by atoms with E-state index < -0.39 is 0 Å². The summed E-state index contributed by atoms with van der Waals surface area (Å²) in [5, 5.41) is 15.1. The van der Waals surface area contributed by atoms with Crippen molar-refractivity contribution in [2.75, 3.05) is 13.2 Å². The summed E-state index contributed by atoms with van der Waals surface area (Å²) < 4.78 is 0. The van der Waals surface area contributed by atoms with Crippen LogP contribution in [0.15, 0.2) is 0 Å². The van der Waals surface area contributed by atoms with Gasteiger partial charge in [0.15, 0.2) is 0 Å². The van der Waals surface area contributed by atoms with Crippen molar-refractivity contribution in [1.29, 1.82) is 0 Å². The molecule has 1 fully saturated rings. The number of aliphatic hydroxyl groups excluding tert-OH is 2. The number of aliphatic hydroxyl groups is 2. The quantitative estimate of drug-likeness (QED) is 0.540. The Hall–Kier alpha value is -0.120. The second-order valence-corrected chi connectivity index (χ2v) is 3.03. The molecule has 0 saturated heterocycles. The van der Waals surface area contributed by atoms with E-state index >= 15 is 0 Å². The maximum atomic E-state index is 7.57. The first kappa shape index (κ1) is 15.4. The van der Waals surface area contributed by atoms with E-state index in [1.807, 2.05) is 0 Å². The highest BCUT2D eigenvalue weighted by molar-refractivity contribution is 4.66. The molecule has 4 N–H and O–H groups in total. The van der Waals surface area contributed by atoms with Crippen LogP contribution < -0.4 is 5.73 Å². The maximum absolute atomic E-state index is 7.57. The lowest BCUT2D eigenvalue weighted by Gasteiger charge is -2.15. The van der Waals surface area contributed by atoms with Gasteiger partial charge in [0.05, 0.1) is 0 Å². The van der Waals surface area contributed by atoms with Crippen LogP contribution in [0.1, 0.15) is 46.0 Å². The molecule has 3 heteroatoms. The van der Waals surface area contributed by atoms with Crippen LogP contribution in [0.2, 0.25) is 0 Å². The molecule has 0 bridgehead atoms. The lowest BCUT2D eigenvalue weighted by molar-refractivity contribution is 0.318. The molecule has 1 rings (SSSR count). The van der Waals surface area contributed by atoms with Gasteiger partial charge in [-0.3, -0.25) is 0 Å². The van der Waals surface area contributed by atoms with Gasteiger partial charge in [0.25, 0.3) is 0 Å². The average Bonchev–Trinajstić information content (AvgIpc) is 2.08. The largest absolute Gasteiger partial charge is 0.397 e. The van der Waals surface area contributed by atoms with Crippen molar-refractivity contribution < 1.29 is 10.2 Å². The molecule has 0 amide bonds. The molecule has 0 heterocycles. The molecular weight excluding hydrogens is 166 g/mol. The van der Waals surface area contributed by atoms with E-state index in [0.717, 1.165) is 0 Å². The van der Waals surface area contributed by atoms with Gasteiger partial charge in [-0.25, -0.2) is 0 Å². The second-order valence-electron chi connectivity index (χ2n) is 3.03. The molecule has 0 aliphatic heterocycles. The Morgan fingerprint density at radius 1 is 1.00 bits per heavy atom. The third-order valence-corrected chi connectivity index (χ3v) is 1.65. The van der Waals surface area contributed by atoms with E-state index in [-0.39, 0.29) is 13.2 Å². The minimum atomic E-state index is 0.250. The molecule has 1 saturated carbocycles. The van der Waals surface area contributed by atoms with Gasteiger partial charge in [0.2, 0.25) is 0 Å². The van der Waals surface area contributed by atoms with Crippen molar-refractivity contribution in [2.45, 2.75) is 52.0 Å². The SMILES string of the molecule is CCO.CCO.NC1CCCCC1. The Morgan fingerprint density at radius 3 is 1.46 bits per heavy atom. The van der Waals surface area contributed by atoms with E-state index in [1.165, 1.54) is 32.1 Å². The zero-order valence-electron chi connectivity index (χ0n) is 9.00. The van der Waals surface area contributed by atoms with E-state index in [9.17, 15) is 0 Å². The molecule has 0 radical (unpaired) electrons. The van der Waals surface area contributed by atoms with Crippen molar-refractivity contribution in [3.63, 3.8) is 0 Å². The minimum absolute atomic E-state index is 0.250. The van der Waals surface area contributed by atoms with E-state index in [4.69, 9.17) is 15.9 Å². The number of hydrogen-bond acceptors (Lipinski definition) is 3. The van der Waals surface area contributed by atoms with E-state index in [2.05, 4.69) is 0 Å². The van der Waals surface area contributed by atoms with Crippen molar-refractivity contribution in [3.05, 3.63) is 0 Å². The van der Waals surface area contributed by atoms with E-state index in [0.29, 0.717) is 6.04 Å². The molecular formula is C10H25NO2. The Kier molecular flexibility index (Phi) is 17.0. The zero-order valence-corrected chi connectivity index (χ0v) is 9.00. The van der Waals surface area contributed by atoms with Gasteiger partial charge >= 0.3 is 0 Å². The van der Waals surface area contributed by atoms with Crippen LogP contribution in [0.5, 0.6) is 0 Å². The highest BCUT2D eigenvalue weighted by Gasteiger charge is 2.06. The Morgan fingerprint density at radius 2 is 1.31 bits per heavy atom. The van der Waals surface area contributed by atoms with Crippen molar-refractivity contribution in [1.82, 2.24) is 0 Å². The zero-order chi connectivity index (χ0) is 10.5. The van der Waals surface area contributed by atoms with E-state index in [1.54, 1.807) is 13.8 Å². The third kappa shape index (κ3) is 18.7. The molecule has 0 spiro atoms. The predicted octanol–water partition coefficient (Wildman–Crippen LogP) is 1.27. The number of rotatable bonds is 0. The van der Waals surface area contributed by atoms with Gasteiger partial charge < -0.3 is 15.9 Å². The van der Waals surface area contributed by atoms with Crippen LogP contribution >= 0.6 is 0 Å². The van der Waals surface area contributed by atoms with Crippen LogP contribution in [0.4, 0.5) is 0 Å². The van der Waals surface area contributed by atoms with Gasteiger partial charge in [0, 0.05) is 19.3 Å². The third-order valence-electron chi connectivity index (χ3n) is 1.65. The Labute approximate surface area is 82.0 Å². The summed E-state index contributed by atoms with van der Waals surface area (Å²) in [5.41, 5.74) is 5.63. The van der Waals surface area contributed by atoms with Crippen LogP contribution in [0, 0.1) is 0 Å². The summed E-state index contributed by atoms with van der Waals surface area (Å²) in [6.07, 6.45) is 6.66. The first-order valence-electron chi connectivity index (χ1n) is 5.20. The molecule has 0 unspecified atom stereocenters. The fourth-order valence-electron chi connectivity index (χ4n) is 1.13.